The van der Waals surface area contributed by atoms with E-state index in [0.29, 0.717) is 27.0 Å². The number of benzene rings is 2. The highest BCUT2D eigenvalue weighted by atomic mass is 35.5. The molecule has 132 valence electrons. The zero-order chi connectivity index (χ0) is 18.8. The standard InChI is InChI=1S/C16H12Cl2N6O2/c17-10-2-1-3-11(18)13(10)24-22-12(15(20)26)16(23-24)21-9-6-4-8(5-7-9)14(19)25/h1-7H,(H2,19,25)(H2,20,26)(H,21,23). The van der Waals surface area contributed by atoms with Gasteiger partial charge in [-0.25, -0.2) is 0 Å². The number of carbonyl (C=O) groups is 2. The van der Waals surface area contributed by atoms with Crippen LogP contribution in [0.25, 0.3) is 5.69 Å². The molecule has 10 heteroatoms. The summed E-state index contributed by atoms with van der Waals surface area (Å²) in [5.74, 6) is -1.22. The summed E-state index contributed by atoms with van der Waals surface area (Å²) in [5, 5.41) is 11.8. The predicted molar refractivity (Wildman–Crippen MR) is 98.1 cm³/mol. The van der Waals surface area contributed by atoms with E-state index < -0.39 is 11.8 Å². The molecule has 0 saturated carbocycles. The number of rotatable bonds is 5. The Morgan fingerprint density at radius 1 is 0.923 bits per heavy atom. The molecule has 2 amide bonds. The smallest absolute Gasteiger partial charge is 0.273 e. The van der Waals surface area contributed by atoms with Crippen LogP contribution in [0.2, 0.25) is 10.0 Å². The van der Waals surface area contributed by atoms with Gasteiger partial charge in [-0.2, -0.15) is 0 Å². The van der Waals surface area contributed by atoms with Gasteiger partial charge in [0.2, 0.25) is 5.91 Å². The number of para-hydroxylation sites is 1. The molecule has 3 rings (SSSR count). The number of aromatic nitrogens is 3. The number of hydrogen-bond acceptors (Lipinski definition) is 5. The van der Waals surface area contributed by atoms with Crippen molar-refractivity contribution in [3.8, 4) is 5.69 Å². The van der Waals surface area contributed by atoms with Crippen molar-refractivity contribution in [1.82, 2.24) is 15.0 Å². The summed E-state index contributed by atoms with van der Waals surface area (Å²) >= 11 is 12.3. The number of anilines is 2. The lowest BCUT2D eigenvalue weighted by molar-refractivity contribution is 0.0989. The van der Waals surface area contributed by atoms with Crippen LogP contribution in [0.3, 0.4) is 0 Å². The molecule has 1 aromatic heterocycles. The third kappa shape index (κ3) is 3.46. The Morgan fingerprint density at radius 2 is 1.54 bits per heavy atom. The molecule has 26 heavy (non-hydrogen) atoms. The SMILES string of the molecule is NC(=O)c1ccc(Nc2nn(-c3c(Cl)cccc3Cl)nc2C(N)=O)cc1. The third-order valence-corrected chi connectivity index (χ3v) is 4.03. The first-order valence-electron chi connectivity index (χ1n) is 7.25. The van der Waals surface area contributed by atoms with Gasteiger partial charge in [-0.15, -0.1) is 15.0 Å². The Morgan fingerprint density at radius 3 is 2.08 bits per heavy atom. The summed E-state index contributed by atoms with van der Waals surface area (Å²) in [5.41, 5.74) is 11.7. The van der Waals surface area contributed by atoms with E-state index >= 15 is 0 Å². The lowest BCUT2D eigenvalue weighted by atomic mass is 10.2. The molecule has 0 atom stereocenters. The van der Waals surface area contributed by atoms with Gasteiger partial charge < -0.3 is 16.8 Å². The summed E-state index contributed by atoms with van der Waals surface area (Å²) in [6, 6.07) is 11.2. The fourth-order valence-corrected chi connectivity index (χ4v) is 2.74. The maximum Gasteiger partial charge on any atom is 0.273 e. The van der Waals surface area contributed by atoms with Crippen LogP contribution in [0.4, 0.5) is 11.5 Å². The number of amides is 2. The number of halogens is 2. The predicted octanol–water partition coefficient (Wildman–Crippen LogP) is 2.52. The van der Waals surface area contributed by atoms with E-state index in [-0.39, 0.29) is 11.5 Å². The quantitative estimate of drug-likeness (QED) is 0.616. The van der Waals surface area contributed by atoms with E-state index in [9.17, 15) is 9.59 Å². The molecule has 0 spiro atoms. The van der Waals surface area contributed by atoms with Crippen molar-refractivity contribution in [2.24, 2.45) is 11.5 Å². The van der Waals surface area contributed by atoms with Gasteiger partial charge in [0.15, 0.2) is 11.5 Å². The molecule has 0 aliphatic carbocycles. The Labute approximate surface area is 157 Å². The molecule has 0 unspecified atom stereocenters. The largest absolute Gasteiger partial charge is 0.366 e. The minimum Gasteiger partial charge on any atom is -0.366 e. The highest BCUT2D eigenvalue weighted by molar-refractivity contribution is 6.37. The van der Waals surface area contributed by atoms with Crippen LogP contribution in [0.1, 0.15) is 20.8 Å². The number of carbonyl (C=O) groups excluding carboxylic acids is 2. The molecular formula is C16H12Cl2N6O2. The van der Waals surface area contributed by atoms with Crippen LogP contribution < -0.4 is 16.8 Å². The molecule has 0 aliphatic heterocycles. The van der Waals surface area contributed by atoms with Gasteiger partial charge in [-0.05, 0) is 36.4 Å². The molecule has 0 fully saturated rings. The summed E-state index contributed by atoms with van der Waals surface area (Å²) in [6.07, 6.45) is 0. The molecule has 5 N–H and O–H groups in total. The number of nitrogens with one attached hydrogen (secondary N) is 1. The molecule has 0 saturated heterocycles. The van der Waals surface area contributed by atoms with Crippen molar-refractivity contribution >= 4 is 46.5 Å². The van der Waals surface area contributed by atoms with E-state index in [4.69, 9.17) is 34.7 Å². The second-order valence-electron chi connectivity index (χ2n) is 5.19. The van der Waals surface area contributed by atoms with Crippen molar-refractivity contribution in [3.05, 3.63) is 63.8 Å². The number of hydrogen-bond donors (Lipinski definition) is 3. The van der Waals surface area contributed by atoms with Crippen LogP contribution in [0.5, 0.6) is 0 Å². The molecule has 0 radical (unpaired) electrons. The van der Waals surface area contributed by atoms with Crippen molar-refractivity contribution in [3.63, 3.8) is 0 Å². The van der Waals surface area contributed by atoms with Gasteiger partial charge in [-0.3, -0.25) is 9.59 Å². The van der Waals surface area contributed by atoms with Gasteiger partial charge >= 0.3 is 0 Å². The van der Waals surface area contributed by atoms with Crippen LogP contribution in [0.15, 0.2) is 42.5 Å². The Kier molecular flexibility index (Phi) is 4.79. The first-order valence-corrected chi connectivity index (χ1v) is 8.01. The third-order valence-electron chi connectivity index (χ3n) is 3.42. The Balaban J connectivity index is 2.00. The van der Waals surface area contributed by atoms with E-state index in [0.717, 1.165) is 4.80 Å². The van der Waals surface area contributed by atoms with Gasteiger partial charge in [0.05, 0.1) is 10.0 Å². The Bertz CT molecular complexity index is 980. The fraction of sp³-hybridized carbons (Fsp3) is 0. The maximum absolute atomic E-state index is 11.7. The average molecular weight is 391 g/mol. The molecule has 3 aromatic rings. The van der Waals surface area contributed by atoms with Crippen molar-refractivity contribution in [1.29, 1.82) is 0 Å². The maximum atomic E-state index is 11.7. The fourth-order valence-electron chi connectivity index (χ4n) is 2.19. The summed E-state index contributed by atoms with van der Waals surface area (Å²) < 4.78 is 0. The molecule has 0 bridgehead atoms. The lowest BCUT2D eigenvalue weighted by Gasteiger charge is -2.05. The topological polar surface area (TPSA) is 129 Å². The van der Waals surface area contributed by atoms with Gasteiger partial charge in [0.1, 0.15) is 5.69 Å². The van der Waals surface area contributed by atoms with Gasteiger partial charge in [-0.1, -0.05) is 29.3 Å². The average Bonchev–Trinajstić information content (AvgIpc) is 2.99. The van der Waals surface area contributed by atoms with E-state index in [2.05, 4.69) is 15.5 Å². The zero-order valence-corrected chi connectivity index (χ0v) is 14.6. The minimum absolute atomic E-state index is 0.0973. The lowest BCUT2D eigenvalue weighted by Crippen LogP contribution is -2.14. The van der Waals surface area contributed by atoms with Gasteiger partial charge in [0, 0.05) is 11.3 Å². The monoisotopic (exact) mass is 390 g/mol. The second-order valence-corrected chi connectivity index (χ2v) is 6.00. The number of primary amides is 2. The molecule has 8 nitrogen and oxygen atoms in total. The molecule has 2 aromatic carbocycles. The first kappa shape index (κ1) is 17.7. The number of nitrogens with two attached hydrogens (primary N) is 2. The highest BCUT2D eigenvalue weighted by Gasteiger charge is 2.20. The number of nitrogens with zero attached hydrogens (tertiary/aromatic N) is 3. The van der Waals surface area contributed by atoms with Crippen molar-refractivity contribution in [2.75, 3.05) is 5.32 Å². The van der Waals surface area contributed by atoms with Crippen molar-refractivity contribution < 1.29 is 9.59 Å². The van der Waals surface area contributed by atoms with Crippen LogP contribution in [-0.4, -0.2) is 26.8 Å². The van der Waals surface area contributed by atoms with Gasteiger partial charge in [0.25, 0.3) is 5.91 Å². The van der Waals surface area contributed by atoms with Crippen LogP contribution in [-0.2, 0) is 0 Å². The second kappa shape index (κ2) is 7.03. The zero-order valence-electron chi connectivity index (χ0n) is 13.1. The molecule has 1 heterocycles. The van der Waals surface area contributed by atoms with Crippen LogP contribution in [0, 0.1) is 0 Å². The first-order chi connectivity index (χ1) is 12.4. The van der Waals surface area contributed by atoms with E-state index in [1.54, 1.807) is 30.3 Å². The van der Waals surface area contributed by atoms with E-state index in [1.165, 1.54) is 12.1 Å². The summed E-state index contributed by atoms with van der Waals surface area (Å²) in [7, 11) is 0. The van der Waals surface area contributed by atoms with E-state index in [1.807, 2.05) is 0 Å². The minimum atomic E-state index is -0.782. The highest BCUT2D eigenvalue weighted by Crippen LogP contribution is 2.28. The summed E-state index contributed by atoms with van der Waals surface area (Å²) in [4.78, 5) is 24.0. The molecule has 0 aliphatic rings. The van der Waals surface area contributed by atoms with Crippen molar-refractivity contribution in [2.45, 2.75) is 0 Å². The normalized spacial score (nSPS) is 10.5. The Hall–Kier alpha value is -3.10. The molecular weight excluding hydrogens is 379 g/mol. The van der Waals surface area contributed by atoms with Crippen LogP contribution >= 0.6 is 23.2 Å². The summed E-state index contributed by atoms with van der Waals surface area (Å²) in [6.45, 7) is 0.